The van der Waals surface area contributed by atoms with Gasteiger partial charge in [0.05, 0.1) is 0 Å². The molecule has 5 nitrogen and oxygen atoms in total. The number of hydrogen-bond acceptors (Lipinski definition) is 4. The molecular formula is C18H29N3O2. The highest BCUT2D eigenvalue weighted by Crippen LogP contribution is 2.28. The molecular weight excluding hydrogens is 290 g/mol. The Morgan fingerprint density at radius 2 is 2.04 bits per heavy atom. The standard InChI is InChI=1S/C18H29N3O2/c1-14(15-8-11-19-12-9-15)20-10-5-13-21(16-6-7-16)17(22)23-18(2,3)4/h8-9,11-12,14,16,20H,5-7,10,13H2,1-4H3. The van der Waals surface area contributed by atoms with Crippen molar-refractivity contribution in [2.24, 2.45) is 0 Å². The van der Waals surface area contributed by atoms with Crippen LogP contribution in [0.1, 0.15) is 58.6 Å². The van der Waals surface area contributed by atoms with Crippen LogP contribution in [0.4, 0.5) is 4.79 Å². The van der Waals surface area contributed by atoms with Crippen molar-refractivity contribution in [3.63, 3.8) is 0 Å². The molecule has 5 heteroatoms. The van der Waals surface area contributed by atoms with E-state index >= 15 is 0 Å². The van der Waals surface area contributed by atoms with Crippen LogP contribution >= 0.6 is 0 Å². The minimum atomic E-state index is -0.432. The van der Waals surface area contributed by atoms with Crippen molar-refractivity contribution in [2.75, 3.05) is 13.1 Å². The van der Waals surface area contributed by atoms with Crippen molar-refractivity contribution in [1.29, 1.82) is 0 Å². The summed E-state index contributed by atoms with van der Waals surface area (Å²) in [6.45, 7) is 9.49. The van der Waals surface area contributed by atoms with Gasteiger partial charge in [-0.05, 0) is 71.2 Å². The SMILES string of the molecule is CC(NCCCN(C(=O)OC(C)(C)C)C1CC1)c1ccncc1. The average molecular weight is 319 g/mol. The summed E-state index contributed by atoms with van der Waals surface area (Å²) in [7, 11) is 0. The number of nitrogens with one attached hydrogen (secondary N) is 1. The van der Waals surface area contributed by atoms with Crippen LogP contribution in [0.3, 0.4) is 0 Å². The zero-order valence-corrected chi connectivity index (χ0v) is 14.7. The summed E-state index contributed by atoms with van der Waals surface area (Å²) in [4.78, 5) is 18.2. The second-order valence-corrected chi connectivity index (χ2v) is 7.21. The van der Waals surface area contributed by atoms with Crippen LogP contribution < -0.4 is 5.32 Å². The van der Waals surface area contributed by atoms with Gasteiger partial charge >= 0.3 is 6.09 Å². The van der Waals surface area contributed by atoms with E-state index in [9.17, 15) is 4.79 Å². The molecule has 0 saturated heterocycles. The molecule has 1 amide bonds. The lowest BCUT2D eigenvalue weighted by Gasteiger charge is -2.27. The van der Waals surface area contributed by atoms with E-state index in [0.717, 1.165) is 32.4 Å². The number of rotatable bonds is 7. The van der Waals surface area contributed by atoms with Gasteiger partial charge in [-0.2, -0.15) is 0 Å². The minimum absolute atomic E-state index is 0.179. The smallest absolute Gasteiger partial charge is 0.410 e. The predicted molar refractivity (Wildman–Crippen MR) is 91.2 cm³/mol. The van der Waals surface area contributed by atoms with Crippen molar-refractivity contribution in [3.05, 3.63) is 30.1 Å². The van der Waals surface area contributed by atoms with Gasteiger partial charge in [0, 0.05) is 31.0 Å². The maximum Gasteiger partial charge on any atom is 0.410 e. The molecule has 128 valence electrons. The average Bonchev–Trinajstić information content (AvgIpc) is 3.30. The van der Waals surface area contributed by atoms with Crippen molar-refractivity contribution >= 4 is 6.09 Å². The number of ether oxygens (including phenoxy) is 1. The van der Waals surface area contributed by atoms with Crippen LogP contribution in [0.2, 0.25) is 0 Å². The number of amides is 1. The number of aromatic nitrogens is 1. The summed E-state index contributed by atoms with van der Waals surface area (Å²) in [6.07, 6.45) is 6.56. The Kier molecular flexibility index (Phi) is 5.99. The van der Waals surface area contributed by atoms with Gasteiger partial charge in [-0.3, -0.25) is 4.98 Å². The fourth-order valence-electron chi connectivity index (χ4n) is 2.47. The third-order valence-electron chi connectivity index (χ3n) is 3.85. The van der Waals surface area contributed by atoms with Crippen LogP contribution in [0, 0.1) is 0 Å². The second kappa shape index (κ2) is 7.77. The third-order valence-corrected chi connectivity index (χ3v) is 3.85. The van der Waals surface area contributed by atoms with Gasteiger partial charge in [0.15, 0.2) is 0 Å². The van der Waals surface area contributed by atoms with Crippen molar-refractivity contribution in [2.45, 2.75) is 64.6 Å². The normalized spacial score (nSPS) is 16.0. The lowest BCUT2D eigenvalue weighted by molar-refractivity contribution is 0.0232. The van der Waals surface area contributed by atoms with Crippen molar-refractivity contribution < 1.29 is 9.53 Å². The van der Waals surface area contributed by atoms with Gasteiger partial charge in [0.25, 0.3) is 0 Å². The molecule has 1 N–H and O–H groups in total. The van der Waals surface area contributed by atoms with Gasteiger partial charge in [-0.15, -0.1) is 0 Å². The predicted octanol–water partition coefficient (Wildman–Crippen LogP) is 3.52. The molecule has 0 bridgehead atoms. The van der Waals surface area contributed by atoms with Crippen LogP contribution in [0.25, 0.3) is 0 Å². The first-order chi connectivity index (χ1) is 10.9. The molecule has 1 aliphatic rings. The summed E-state index contributed by atoms with van der Waals surface area (Å²) >= 11 is 0. The Balaban J connectivity index is 1.73. The first kappa shape index (κ1) is 17.7. The van der Waals surface area contributed by atoms with Crippen LogP contribution in [-0.4, -0.2) is 40.7 Å². The maximum atomic E-state index is 12.3. The zero-order valence-electron chi connectivity index (χ0n) is 14.7. The molecule has 0 aromatic carbocycles. The molecule has 1 aliphatic carbocycles. The van der Waals surface area contributed by atoms with Gasteiger partial charge in [-0.1, -0.05) is 0 Å². The Bertz CT molecular complexity index is 495. The van der Waals surface area contributed by atoms with E-state index in [0.29, 0.717) is 6.04 Å². The molecule has 0 radical (unpaired) electrons. The van der Waals surface area contributed by atoms with Gasteiger partial charge in [0.2, 0.25) is 0 Å². The van der Waals surface area contributed by atoms with Crippen molar-refractivity contribution in [1.82, 2.24) is 15.2 Å². The van der Waals surface area contributed by atoms with E-state index in [2.05, 4.69) is 17.2 Å². The Labute approximate surface area is 139 Å². The minimum Gasteiger partial charge on any atom is -0.444 e. The molecule has 1 unspecified atom stereocenters. The fourth-order valence-corrected chi connectivity index (χ4v) is 2.47. The monoisotopic (exact) mass is 319 g/mol. The molecule has 1 aromatic heterocycles. The quantitative estimate of drug-likeness (QED) is 0.781. The van der Waals surface area contributed by atoms with E-state index in [1.807, 2.05) is 50.2 Å². The zero-order chi connectivity index (χ0) is 16.9. The molecule has 2 rings (SSSR count). The molecule has 1 atom stereocenters. The fraction of sp³-hybridized carbons (Fsp3) is 0.667. The molecule has 0 aliphatic heterocycles. The largest absolute Gasteiger partial charge is 0.444 e. The highest BCUT2D eigenvalue weighted by Gasteiger charge is 2.34. The van der Waals surface area contributed by atoms with Gasteiger partial charge < -0.3 is 15.0 Å². The number of nitrogens with zero attached hydrogens (tertiary/aromatic N) is 2. The summed E-state index contributed by atoms with van der Waals surface area (Å²) < 4.78 is 5.51. The first-order valence-corrected chi connectivity index (χ1v) is 8.50. The van der Waals surface area contributed by atoms with E-state index < -0.39 is 5.60 Å². The molecule has 1 saturated carbocycles. The lowest BCUT2D eigenvalue weighted by Crippen LogP contribution is -2.39. The highest BCUT2D eigenvalue weighted by molar-refractivity contribution is 5.69. The molecule has 1 fully saturated rings. The molecule has 0 spiro atoms. The summed E-state index contributed by atoms with van der Waals surface area (Å²) in [5.41, 5.74) is 0.796. The first-order valence-electron chi connectivity index (χ1n) is 8.50. The third kappa shape index (κ3) is 6.18. The Morgan fingerprint density at radius 3 is 2.61 bits per heavy atom. The number of carbonyl (C=O) groups is 1. The molecule has 1 aromatic rings. The lowest BCUT2D eigenvalue weighted by atomic mass is 10.1. The Morgan fingerprint density at radius 1 is 1.39 bits per heavy atom. The van der Waals surface area contributed by atoms with Crippen LogP contribution in [0.15, 0.2) is 24.5 Å². The number of pyridine rings is 1. The summed E-state index contributed by atoms with van der Waals surface area (Å²) in [5, 5.41) is 3.49. The number of hydrogen-bond donors (Lipinski definition) is 1. The van der Waals surface area contributed by atoms with E-state index in [4.69, 9.17) is 4.74 Å². The van der Waals surface area contributed by atoms with Crippen molar-refractivity contribution in [3.8, 4) is 0 Å². The highest BCUT2D eigenvalue weighted by atomic mass is 16.6. The van der Waals surface area contributed by atoms with E-state index in [1.54, 1.807) is 0 Å². The maximum absolute atomic E-state index is 12.3. The van der Waals surface area contributed by atoms with E-state index in [1.165, 1.54) is 5.56 Å². The van der Waals surface area contributed by atoms with Crippen LogP contribution in [-0.2, 0) is 4.74 Å². The van der Waals surface area contributed by atoms with E-state index in [-0.39, 0.29) is 12.1 Å². The summed E-state index contributed by atoms with van der Waals surface area (Å²) in [5.74, 6) is 0. The summed E-state index contributed by atoms with van der Waals surface area (Å²) in [6, 6.07) is 4.71. The molecule has 1 heterocycles. The van der Waals surface area contributed by atoms with Gasteiger partial charge in [-0.25, -0.2) is 4.79 Å². The number of carbonyl (C=O) groups excluding carboxylic acids is 1. The Hall–Kier alpha value is -1.62. The van der Waals surface area contributed by atoms with Gasteiger partial charge in [0.1, 0.15) is 5.60 Å². The topological polar surface area (TPSA) is 54.5 Å². The molecule has 23 heavy (non-hydrogen) atoms. The van der Waals surface area contributed by atoms with Crippen LogP contribution in [0.5, 0.6) is 0 Å². The second-order valence-electron chi connectivity index (χ2n) is 7.21.